The van der Waals surface area contributed by atoms with Gasteiger partial charge in [-0.1, -0.05) is 12.1 Å². The summed E-state index contributed by atoms with van der Waals surface area (Å²) in [6.45, 7) is 4.39. The highest BCUT2D eigenvalue weighted by Crippen LogP contribution is 2.23. The monoisotopic (exact) mass is 218 g/mol. The molecule has 0 bridgehead atoms. The summed E-state index contributed by atoms with van der Waals surface area (Å²) in [5, 5.41) is 2.32. The Bertz CT molecular complexity index is 454. The molecule has 1 aliphatic heterocycles. The molecule has 1 N–H and O–H groups in total. The normalized spacial score (nSPS) is 16.2. The molecule has 1 heterocycles. The number of amides is 3. The van der Waals surface area contributed by atoms with E-state index in [0.717, 1.165) is 16.8 Å². The lowest BCUT2D eigenvalue weighted by Gasteiger charge is -2.28. The lowest BCUT2D eigenvalue weighted by atomic mass is 10.1. The van der Waals surface area contributed by atoms with E-state index in [1.54, 1.807) is 4.90 Å². The molecule has 1 aromatic rings. The average Bonchev–Trinajstić information content (AvgIpc) is 2.22. The van der Waals surface area contributed by atoms with E-state index >= 15 is 0 Å². The molecular formula is C12H14N2O2. The topological polar surface area (TPSA) is 49.4 Å². The van der Waals surface area contributed by atoms with Crippen molar-refractivity contribution in [3.05, 3.63) is 29.3 Å². The molecule has 2 rings (SSSR count). The van der Waals surface area contributed by atoms with Gasteiger partial charge < -0.3 is 0 Å². The zero-order chi connectivity index (χ0) is 11.7. The second kappa shape index (κ2) is 3.96. The van der Waals surface area contributed by atoms with Crippen molar-refractivity contribution in [1.82, 2.24) is 5.32 Å². The zero-order valence-corrected chi connectivity index (χ0v) is 9.41. The molecule has 0 atom stereocenters. The number of benzene rings is 1. The fraction of sp³-hybridized carbons (Fsp3) is 0.333. The summed E-state index contributed by atoms with van der Waals surface area (Å²) in [5.74, 6) is -0.202. The summed E-state index contributed by atoms with van der Waals surface area (Å²) in [4.78, 5) is 24.3. The molecule has 4 nitrogen and oxygen atoms in total. The summed E-state index contributed by atoms with van der Waals surface area (Å²) in [6, 6.07) is 5.62. The summed E-state index contributed by atoms with van der Waals surface area (Å²) < 4.78 is 0. The maximum atomic E-state index is 11.7. The molecular weight excluding hydrogens is 204 g/mol. The lowest BCUT2D eigenvalue weighted by molar-refractivity contribution is -0.120. The molecule has 0 saturated carbocycles. The van der Waals surface area contributed by atoms with E-state index in [9.17, 15) is 9.59 Å². The molecule has 1 aliphatic rings. The van der Waals surface area contributed by atoms with Crippen LogP contribution in [0.5, 0.6) is 0 Å². The minimum atomic E-state index is -0.329. The number of rotatable bonds is 1. The molecule has 84 valence electrons. The highest BCUT2D eigenvalue weighted by atomic mass is 16.2. The van der Waals surface area contributed by atoms with Crippen molar-refractivity contribution >= 4 is 17.6 Å². The second-order valence-electron chi connectivity index (χ2n) is 4.04. The molecule has 0 spiro atoms. The number of hydrogen-bond donors (Lipinski definition) is 1. The first-order valence-corrected chi connectivity index (χ1v) is 5.26. The maximum Gasteiger partial charge on any atom is 0.328 e. The average molecular weight is 218 g/mol. The van der Waals surface area contributed by atoms with Gasteiger partial charge in [-0.3, -0.25) is 15.0 Å². The van der Waals surface area contributed by atoms with Gasteiger partial charge in [0.1, 0.15) is 0 Å². The number of imide groups is 1. The highest BCUT2D eigenvalue weighted by Gasteiger charge is 2.24. The molecule has 1 fully saturated rings. The summed E-state index contributed by atoms with van der Waals surface area (Å²) in [5.41, 5.74) is 3.02. The van der Waals surface area contributed by atoms with Crippen LogP contribution in [0, 0.1) is 13.8 Å². The van der Waals surface area contributed by atoms with Crippen LogP contribution in [0.25, 0.3) is 0 Å². The van der Waals surface area contributed by atoms with Crippen LogP contribution in [0.15, 0.2) is 18.2 Å². The SMILES string of the molecule is Cc1ccc(C)c(N2CCC(=O)NC2=O)c1. The molecule has 3 amide bonds. The molecule has 0 aliphatic carbocycles. The Morgan fingerprint density at radius 2 is 2.00 bits per heavy atom. The minimum absolute atomic E-state index is 0.202. The second-order valence-corrected chi connectivity index (χ2v) is 4.04. The fourth-order valence-electron chi connectivity index (χ4n) is 1.80. The van der Waals surface area contributed by atoms with Crippen molar-refractivity contribution in [2.75, 3.05) is 11.4 Å². The quantitative estimate of drug-likeness (QED) is 0.780. The van der Waals surface area contributed by atoms with Crippen molar-refractivity contribution < 1.29 is 9.59 Å². The number of carbonyl (C=O) groups is 2. The number of carbonyl (C=O) groups excluding carboxylic acids is 2. The van der Waals surface area contributed by atoms with Crippen molar-refractivity contribution in [3.8, 4) is 0 Å². The van der Waals surface area contributed by atoms with Crippen LogP contribution in [0.2, 0.25) is 0 Å². The lowest BCUT2D eigenvalue weighted by Crippen LogP contribution is -2.49. The molecule has 0 unspecified atom stereocenters. The van der Waals surface area contributed by atoms with Crippen LogP contribution in [-0.2, 0) is 4.79 Å². The van der Waals surface area contributed by atoms with Crippen LogP contribution in [0.1, 0.15) is 17.5 Å². The van der Waals surface area contributed by atoms with Gasteiger partial charge in [0.05, 0.1) is 0 Å². The Kier molecular flexibility index (Phi) is 2.64. The van der Waals surface area contributed by atoms with E-state index in [0.29, 0.717) is 13.0 Å². The molecule has 16 heavy (non-hydrogen) atoms. The first-order chi connectivity index (χ1) is 7.58. The smallest absolute Gasteiger partial charge is 0.293 e. The van der Waals surface area contributed by atoms with E-state index < -0.39 is 0 Å². The van der Waals surface area contributed by atoms with Gasteiger partial charge in [0, 0.05) is 18.7 Å². The van der Waals surface area contributed by atoms with Crippen LogP contribution in [0.3, 0.4) is 0 Å². The molecule has 1 saturated heterocycles. The number of anilines is 1. The standard InChI is InChI=1S/C12H14N2O2/c1-8-3-4-9(2)10(7-8)14-6-5-11(15)13-12(14)16/h3-4,7H,5-6H2,1-2H3,(H,13,15,16). The molecule has 1 aromatic carbocycles. The van der Waals surface area contributed by atoms with E-state index in [1.165, 1.54) is 0 Å². The van der Waals surface area contributed by atoms with Gasteiger partial charge in [0.15, 0.2) is 0 Å². The largest absolute Gasteiger partial charge is 0.328 e. The van der Waals surface area contributed by atoms with Crippen molar-refractivity contribution in [2.24, 2.45) is 0 Å². The number of urea groups is 1. The number of hydrogen-bond acceptors (Lipinski definition) is 2. The third kappa shape index (κ3) is 1.91. The Labute approximate surface area is 94.2 Å². The van der Waals surface area contributed by atoms with Gasteiger partial charge in [0.2, 0.25) is 5.91 Å². The molecule has 0 aromatic heterocycles. The van der Waals surface area contributed by atoms with Gasteiger partial charge in [-0.05, 0) is 31.0 Å². The third-order valence-corrected chi connectivity index (χ3v) is 2.71. The van der Waals surface area contributed by atoms with Crippen molar-refractivity contribution in [2.45, 2.75) is 20.3 Å². The van der Waals surface area contributed by atoms with Gasteiger partial charge in [-0.2, -0.15) is 0 Å². The fourth-order valence-corrected chi connectivity index (χ4v) is 1.80. The maximum absolute atomic E-state index is 11.7. The van der Waals surface area contributed by atoms with Crippen LogP contribution in [0.4, 0.5) is 10.5 Å². The van der Waals surface area contributed by atoms with Crippen LogP contribution < -0.4 is 10.2 Å². The first-order valence-electron chi connectivity index (χ1n) is 5.26. The highest BCUT2D eigenvalue weighted by molar-refractivity contribution is 6.05. The summed E-state index contributed by atoms with van der Waals surface area (Å²) in [6.07, 6.45) is 0.360. The Balaban J connectivity index is 2.33. The first kappa shape index (κ1) is 10.7. The molecule has 0 radical (unpaired) electrons. The summed E-state index contributed by atoms with van der Waals surface area (Å²) >= 11 is 0. The Morgan fingerprint density at radius 1 is 1.25 bits per heavy atom. The van der Waals surface area contributed by atoms with E-state index in [4.69, 9.17) is 0 Å². The van der Waals surface area contributed by atoms with Crippen LogP contribution >= 0.6 is 0 Å². The molecule has 4 heteroatoms. The van der Waals surface area contributed by atoms with Gasteiger partial charge in [0.25, 0.3) is 0 Å². The number of nitrogens with one attached hydrogen (secondary N) is 1. The van der Waals surface area contributed by atoms with E-state index in [-0.39, 0.29) is 11.9 Å². The van der Waals surface area contributed by atoms with Gasteiger partial charge in [-0.25, -0.2) is 4.79 Å². The van der Waals surface area contributed by atoms with E-state index in [2.05, 4.69) is 5.32 Å². The third-order valence-electron chi connectivity index (χ3n) is 2.71. The minimum Gasteiger partial charge on any atom is -0.293 e. The van der Waals surface area contributed by atoms with Crippen molar-refractivity contribution in [3.63, 3.8) is 0 Å². The van der Waals surface area contributed by atoms with Gasteiger partial charge in [-0.15, -0.1) is 0 Å². The summed E-state index contributed by atoms with van der Waals surface area (Å²) in [7, 11) is 0. The van der Waals surface area contributed by atoms with Gasteiger partial charge >= 0.3 is 6.03 Å². The van der Waals surface area contributed by atoms with Crippen molar-refractivity contribution in [1.29, 1.82) is 0 Å². The Morgan fingerprint density at radius 3 is 2.69 bits per heavy atom. The van der Waals surface area contributed by atoms with E-state index in [1.807, 2.05) is 32.0 Å². The number of aryl methyl sites for hydroxylation is 2. The predicted molar refractivity (Wildman–Crippen MR) is 61.4 cm³/mol. The Hall–Kier alpha value is -1.84. The number of nitrogens with zero attached hydrogens (tertiary/aromatic N) is 1. The predicted octanol–water partition coefficient (Wildman–Crippen LogP) is 1.75. The van der Waals surface area contributed by atoms with Crippen LogP contribution in [-0.4, -0.2) is 18.5 Å². The zero-order valence-electron chi connectivity index (χ0n) is 9.41.